The number of ketones is 1. The van der Waals surface area contributed by atoms with Crippen LogP contribution in [0.4, 0.5) is 10.5 Å². The lowest BCUT2D eigenvalue weighted by atomic mass is 10.1. The fourth-order valence-corrected chi connectivity index (χ4v) is 4.13. The zero-order valence-electron chi connectivity index (χ0n) is 18.9. The van der Waals surface area contributed by atoms with Gasteiger partial charge in [-0.3, -0.25) is 29.4 Å². The van der Waals surface area contributed by atoms with Crippen LogP contribution in [-0.2, 0) is 4.79 Å². The van der Waals surface area contributed by atoms with Gasteiger partial charge >= 0.3 is 0 Å². The Balaban J connectivity index is 1.31. The van der Waals surface area contributed by atoms with Crippen LogP contribution in [0.2, 0.25) is 0 Å². The molecule has 3 aromatic carbocycles. The molecule has 10 heteroatoms. The topological polar surface area (TPSA) is 116 Å². The van der Waals surface area contributed by atoms with Crippen molar-refractivity contribution >= 4 is 40.5 Å². The van der Waals surface area contributed by atoms with Gasteiger partial charge in [-0.25, -0.2) is 0 Å². The largest absolute Gasteiger partial charge is 0.490 e. The highest BCUT2D eigenvalue weighted by Crippen LogP contribution is 2.32. The van der Waals surface area contributed by atoms with Gasteiger partial charge in [0, 0.05) is 17.7 Å². The van der Waals surface area contributed by atoms with Crippen molar-refractivity contribution in [2.75, 3.05) is 19.8 Å². The highest BCUT2D eigenvalue weighted by Gasteiger charge is 2.36. The summed E-state index contributed by atoms with van der Waals surface area (Å²) in [5, 5.41) is 10.2. The maximum atomic E-state index is 12.7. The predicted molar refractivity (Wildman–Crippen MR) is 134 cm³/mol. The summed E-state index contributed by atoms with van der Waals surface area (Å²) in [6.45, 7) is 0.297. The van der Waals surface area contributed by atoms with Crippen LogP contribution in [0, 0.1) is 10.1 Å². The summed E-state index contributed by atoms with van der Waals surface area (Å²) >= 11 is 0.748. The number of rotatable bonds is 10. The first-order valence-corrected chi connectivity index (χ1v) is 11.7. The first-order chi connectivity index (χ1) is 17.4. The van der Waals surface area contributed by atoms with Crippen LogP contribution in [0.3, 0.4) is 0 Å². The molecule has 0 atom stereocenters. The molecule has 4 rings (SSSR count). The number of ether oxygens (including phenoxy) is 2. The lowest BCUT2D eigenvalue weighted by molar-refractivity contribution is -0.384. The minimum Gasteiger partial charge on any atom is -0.490 e. The van der Waals surface area contributed by atoms with Gasteiger partial charge in [-0.05, 0) is 59.8 Å². The van der Waals surface area contributed by atoms with Crippen molar-refractivity contribution in [1.29, 1.82) is 0 Å². The van der Waals surface area contributed by atoms with Gasteiger partial charge in [-0.15, -0.1) is 0 Å². The standard InChI is InChI=1S/C26H20N2O7S/c29-23(19-8-10-20(11-9-19)28(32)33)17-27-25(30)24(36-26(27)31)16-18-6-12-22(13-7-18)35-15-14-34-21-4-2-1-3-5-21/h1-13,16H,14-15,17H2/b24-16+. The molecule has 3 aromatic rings. The van der Waals surface area contributed by atoms with Crippen molar-refractivity contribution in [1.82, 2.24) is 4.90 Å². The van der Waals surface area contributed by atoms with Crippen molar-refractivity contribution in [3.05, 3.63) is 105 Å². The van der Waals surface area contributed by atoms with Gasteiger partial charge in [-0.2, -0.15) is 0 Å². The van der Waals surface area contributed by atoms with E-state index in [9.17, 15) is 24.5 Å². The summed E-state index contributed by atoms with van der Waals surface area (Å²) < 4.78 is 11.2. The SMILES string of the molecule is O=C(CN1C(=O)S/C(=C/c2ccc(OCCOc3ccccc3)cc2)C1=O)c1ccc([N+](=O)[O-])cc1. The number of carbonyl (C=O) groups excluding carboxylic acids is 3. The average Bonchev–Trinajstić information content (AvgIpc) is 3.15. The molecular formula is C26H20N2O7S. The molecule has 1 aliphatic rings. The fourth-order valence-electron chi connectivity index (χ4n) is 3.29. The number of nitro benzene ring substituents is 1. The number of Topliss-reactive ketones (excluding diaryl/α,β-unsaturated/α-hetero) is 1. The molecule has 0 unspecified atom stereocenters. The number of hydrogen-bond acceptors (Lipinski definition) is 8. The number of para-hydroxylation sites is 1. The summed E-state index contributed by atoms with van der Waals surface area (Å²) in [5.41, 5.74) is 0.709. The maximum Gasteiger partial charge on any atom is 0.293 e. The molecule has 1 aliphatic heterocycles. The number of benzene rings is 3. The number of non-ortho nitro benzene ring substituents is 1. The number of nitro groups is 1. The first kappa shape index (κ1) is 24.7. The molecule has 9 nitrogen and oxygen atoms in total. The Labute approximate surface area is 210 Å². The Morgan fingerprint density at radius 2 is 1.50 bits per heavy atom. The number of nitrogens with zero attached hydrogens (tertiary/aromatic N) is 2. The van der Waals surface area contributed by atoms with Crippen molar-refractivity contribution in [2.45, 2.75) is 0 Å². The van der Waals surface area contributed by atoms with E-state index in [1.54, 1.807) is 30.3 Å². The monoisotopic (exact) mass is 504 g/mol. The van der Waals surface area contributed by atoms with Crippen molar-refractivity contribution in [3.63, 3.8) is 0 Å². The van der Waals surface area contributed by atoms with Gasteiger partial charge in [0.15, 0.2) is 5.78 Å². The third-order valence-corrected chi connectivity index (χ3v) is 6.02. The molecule has 0 bridgehead atoms. The van der Waals surface area contributed by atoms with E-state index in [4.69, 9.17) is 9.47 Å². The van der Waals surface area contributed by atoms with Crippen LogP contribution in [0.15, 0.2) is 83.8 Å². The van der Waals surface area contributed by atoms with Gasteiger partial charge < -0.3 is 9.47 Å². The smallest absolute Gasteiger partial charge is 0.293 e. The summed E-state index contributed by atoms with van der Waals surface area (Å²) in [5.74, 6) is 0.329. The van der Waals surface area contributed by atoms with E-state index in [1.165, 1.54) is 24.3 Å². The van der Waals surface area contributed by atoms with E-state index in [2.05, 4.69) is 0 Å². The second-order valence-corrected chi connectivity index (χ2v) is 8.57. The summed E-state index contributed by atoms with van der Waals surface area (Å²) in [4.78, 5) is 48.8. The number of imide groups is 1. The van der Waals surface area contributed by atoms with Crippen molar-refractivity contribution in [3.8, 4) is 11.5 Å². The second-order valence-electron chi connectivity index (χ2n) is 7.57. The van der Waals surface area contributed by atoms with Gasteiger partial charge in [0.25, 0.3) is 16.8 Å². The molecule has 1 heterocycles. The van der Waals surface area contributed by atoms with E-state index < -0.39 is 28.4 Å². The van der Waals surface area contributed by atoms with Gasteiger partial charge in [-0.1, -0.05) is 30.3 Å². The predicted octanol–water partition coefficient (Wildman–Crippen LogP) is 4.97. The van der Waals surface area contributed by atoms with Crippen molar-refractivity contribution in [2.24, 2.45) is 0 Å². The second kappa shape index (κ2) is 11.3. The molecule has 0 saturated carbocycles. The molecule has 0 spiro atoms. The number of hydrogen-bond donors (Lipinski definition) is 0. The Hall–Kier alpha value is -4.44. The van der Waals surface area contributed by atoms with Gasteiger partial charge in [0.05, 0.1) is 16.4 Å². The first-order valence-electron chi connectivity index (χ1n) is 10.8. The third kappa shape index (κ3) is 6.16. The normalized spacial score (nSPS) is 14.2. The van der Waals surface area contributed by atoms with E-state index in [-0.39, 0.29) is 16.2 Å². The Morgan fingerprint density at radius 3 is 2.11 bits per heavy atom. The zero-order chi connectivity index (χ0) is 25.5. The molecule has 182 valence electrons. The molecule has 1 saturated heterocycles. The van der Waals surface area contributed by atoms with Crippen LogP contribution in [0.5, 0.6) is 11.5 Å². The van der Waals surface area contributed by atoms with Gasteiger partial charge in [0.1, 0.15) is 24.7 Å². The lowest BCUT2D eigenvalue weighted by Crippen LogP contribution is -2.33. The number of thioether (sulfide) groups is 1. The van der Waals surface area contributed by atoms with Crippen LogP contribution in [0.1, 0.15) is 15.9 Å². The van der Waals surface area contributed by atoms with Crippen LogP contribution in [-0.4, -0.2) is 46.5 Å². The van der Waals surface area contributed by atoms with E-state index in [0.29, 0.717) is 24.5 Å². The molecule has 0 radical (unpaired) electrons. The fraction of sp³-hybridized carbons (Fsp3) is 0.115. The van der Waals surface area contributed by atoms with Crippen molar-refractivity contribution < 1.29 is 28.8 Å². The maximum absolute atomic E-state index is 12.7. The summed E-state index contributed by atoms with van der Waals surface area (Å²) in [6.07, 6.45) is 1.57. The highest BCUT2D eigenvalue weighted by molar-refractivity contribution is 8.18. The molecule has 0 aromatic heterocycles. The van der Waals surface area contributed by atoms with E-state index in [1.807, 2.05) is 30.3 Å². The number of amides is 2. The summed E-state index contributed by atoms with van der Waals surface area (Å²) in [7, 11) is 0. The molecule has 0 aliphatic carbocycles. The Bertz CT molecular complexity index is 1310. The highest BCUT2D eigenvalue weighted by atomic mass is 32.2. The third-order valence-electron chi connectivity index (χ3n) is 5.12. The minimum atomic E-state index is -0.575. The molecule has 1 fully saturated rings. The molecule has 36 heavy (non-hydrogen) atoms. The van der Waals surface area contributed by atoms with Crippen LogP contribution < -0.4 is 9.47 Å². The molecular weight excluding hydrogens is 484 g/mol. The van der Waals surface area contributed by atoms with Crippen LogP contribution >= 0.6 is 11.8 Å². The quantitative estimate of drug-likeness (QED) is 0.125. The average molecular weight is 505 g/mol. The number of carbonyl (C=O) groups is 3. The Morgan fingerprint density at radius 1 is 0.889 bits per heavy atom. The van der Waals surface area contributed by atoms with Crippen LogP contribution in [0.25, 0.3) is 6.08 Å². The van der Waals surface area contributed by atoms with E-state index >= 15 is 0 Å². The molecule has 2 amide bonds. The minimum absolute atomic E-state index is 0.155. The molecule has 0 N–H and O–H groups in total. The van der Waals surface area contributed by atoms with Gasteiger partial charge in [0.2, 0.25) is 0 Å². The lowest BCUT2D eigenvalue weighted by Gasteiger charge is -2.11. The van der Waals surface area contributed by atoms with E-state index in [0.717, 1.165) is 22.4 Å². The Kier molecular flexibility index (Phi) is 7.76. The summed E-state index contributed by atoms with van der Waals surface area (Å²) in [6, 6.07) is 21.4. The zero-order valence-corrected chi connectivity index (χ0v) is 19.7.